The molecule has 150 valence electrons. The van der Waals surface area contributed by atoms with Gasteiger partial charge in [-0.15, -0.1) is 11.3 Å². The molecule has 0 aliphatic heterocycles. The van der Waals surface area contributed by atoms with Crippen molar-refractivity contribution in [1.29, 1.82) is 0 Å². The molecule has 0 unspecified atom stereocenters. The van der Waals surface area contributed by atoms with Crippen molar-refractivity contribution in [3.8, 4) is 11.3 Å². The normalized spacial score (nSPS) is 13.1. The zero-order chi connectivity index (χ0) is 20.3. The van der Waals surface area contributed by atoms with Gasteiger partial charge in [0.05, 0.1) is 29.0 Å². The molecule has 2 aromatic heterocycles. The number of aromatic nitrogens is 1. The van der Waals surface area contributed by atoms with Crippen LogP contribution >= 0.6 is 11.3 Å². The Morgan fingerprint density at radius 2 is 2.07 bits per heavy atom. The molecule has 1 atom stereocenters. The fourth-order valence-electron chi connectivity index (χ4n) is 2.53. The largest absolute Gasteiger partial charge is 0.464 e. The van der Waals surface area contributed by atoms with Gasteiger partial charge in [0.15, 0.2) is 0 Å². The lowest BCUT2D eigenvalue weighted by molar-refractivity contribution is -0.122. The number of amides is 1. The molecule has 0 aliphatic carbocycles. The number of rotatable bonds is 8. The second-order valence-electron chi connectivity index (χ2n) is 6.91. The van der Waals surface area contributed by atoms with Crippen molar-refractivity contribution in [1.82, 2.24) is 9.71 Å². The Labute approximate surface area is 167 Å². The van der Waals surface area contributed by atoms with Crippen LogP contribution in [0.3, 0.4) is 0 Å². The first-order valence-corrected chi connectivity index (χ1v) is 11.2. The molecule has 28 heavy (non-hydrogen) atoms. The topological polar surface area (TPSA) is 98.5 Å². The number of nitrogens with one attached hydrogen (secondary N) is 1. The predicted molar refractivity (Wildman–Crippen MR) is 108 cm³/mol. The Hall–Kier alpha value is -2.23. The highest BCUT2D eigenvalue weighted by Crippen LogP contribution is 2.30. The van der Waals surface area contributed by atoms with Crippen LogP contribution in [0.15, 0.2) is 45.4 Å². The molecule has 0 saturated carbocycles. The van der Waals surface area contributed by atoms with Crippen LogP contribution in [-0.4, -0.2) is 32.0 Å². The minimum absolute atomic E-state index is 0.0422. The van der Waals surface area contributed by atoms with Gasteiger partial charge in [-0.3, -0.25) is 4.79 Å². The molecule has 0 radical (unpaired) electrons. The summed E-state index contributed by atoms with van der Waals surface area (Å²) in [6, 6.07) is 8.97. The number of ether oxygens (including phenoxy) is 1. The average Bonchev–Trinajstić information content (AvgIpc) is 3.28. The molecule has 7 nitrogen and oxygen atoms in total. The van der Waals surface area contributed by atoms with Crippen molar-refractivity contribution in [2.24, 2.45) is 5.92 Å². The smallest absolute Gasteiger partial charge is 0.291 e. The summed E-state index contributed by atoms with van der Waals surface area (Å²) >= 11 is 1.01. The zero-order valence-electron chi connectivity index (χ0n) is 15.8. The number of fused-ring (bicyclic) bond motifs is 1. The van der Waals surface area contributed by atoms with E-state index < -0.39 is 15.9 Å². The van der Waals surface area contributed by atoms with Crippen LogP contribution in [0.5, 0.6) is 0 Å². The number of nitrogens with zero attached hydrogens (tertiary/aromatic N) is 1. The minimum atomic E-state index is -4.04. The van der Waals surface area contributed by atoms with Crippen molar-refractivity contribution in [3.05, 3.63) is 36.6 Å². The molecule has 9 heteroatoms. The highest BCUT2D eigenvalue weighted by atomic mass is 32.2. The molecule has 0 bridgehead atoms. The Morgan fingerprint density at radius 1 is 1.29 bits per heavy atom. The van der Waals surface area contributed by atoms with Crippen molar-refractivity contribution < 1.29 is 22.4 Å². The van der Waals surface area contributed by atoms with Crippen molar-refractivity contribution in [3.63, 3.8) is 0 Å². The van der Waals surface area contributed by atoms with E-state index >= 15 is 0 Å². The Kier molecular flexibility index (Phi) is 6.17. The van der Waals surface area contributed by atoms with Gasteiger partial charge in [-0.25, -0.2) is 9.71 Å². The monoisotopic (exact) mass is 422 g/mol. The van der Waals surface area contributed by atoms with E-state index in [0.717, 1.165) is 16.9 Å². The van der Waals surface area contributed by atoms with E-state index in [0.29, 0.717) is 28.5 Å². The standard InChI is InChI=1S/C19H22N2O5S2/c1-12(2)11-26-13(3)9-18(22)21-28(23,24)19-20-15-10-14(6-7-17(15)27-19)16-5-4-8-25-16/h4-8,10,12-13H,9,11H2,1-3H3,(H,21,22)/t13-/m1/s1. The minimum Gasteiger partial charge on any atom is -0.464 e. The maximum Gasteiger partial charge on any atom is 0.291 e. The lowest BCUT2D eigenvalue weighted by Gasteiger charge is -2.14. The third kappa shape index (κ3) is 4.98. The number of hydrogen-bond donors (Lipinski definition) is 1. The maximum absolute atomic E-state index is 12.5. The van der Waals surface area contributed by atoms with E-state index in [9.17, 15) is 13.2 Å². The summed E-state index contributed by atoms with van der Waals surface area (Å²) in [5.74, 6) is 0.387. The predicted octanol–water partition coefficient (Wildman–Crippen LogP) is 3.81. The summed E-state index contributed by atoms with van der Waals surface area (Å²) in [7, 11) is -4.04. The lowest BCUT2D eigenvalue weighted by atomic mass is 10.1. The van der Waals surface area contributed by atoms with Crippen molar-refractivity contribution in [2.75, 3.05) is 6.61 Å². The van der Waals surface area contributed by atoms with E-state index in [4.69, 9.17) is 9.15 Å². The zero-order valence-corrected chi connectivity index (χ0v) is 17.5. The van der Waals surface area contributed by atoms with Gasteiger partial charge in [-0.2, -0.15) is 8.42 Å². The number of furan rings is 1. The number of benzene rings is 1. The third-order valence-corrected chi connectivity index (χ3v) is 6.63. The molecular weight excluding hydrogens is 400 g/mol. The first-order chi connectivity index (χ1) is 13.2. The van der Waals surface area contributed by atoms with Gasteiger partial charge in [0, 0.05) is 12.2 Å². The second-order valence-corrected chi connectivity index (χ2v) is 9.80. The molecule has 0 spiro atoms. The first-order valence-electron chi connectivity index (χ1n) is 8.86. The summed E-state index contributed by atoms with van der Waals surface area (Å²) in [6.07, 6.45) is 1.15. The SMILES string of the molecule is CC(C)CO[C@H](C)CC(=O)NS(=O)(=O)c1nc2cc(-c3ccco3)ccc2s1. The Morgan fingerprint density at radius 3 is 2.75 bits per heavy atom. The fraction of sp³-hybridized carbons (Fsp3) is 0.368. The molecule has 0 aliphatic rings. The molecule has 3 rings (SSSR count). The molecule has 2 heterocycles. The lowest BCUT2D eigenvalue weighted by Crippen LogP contribution is -2.33. The molecular formula is C19H22N2O5S2. The summed E-state index contributed by atoms with van der Waals surface area (Å²) in [6.45, 7) is 6.25. The van der Waals surface area contributed by atoms with E-state index in [-0.39, 0.29) is 16.9 Å². The number of thiazole rings is 1. The number of sulfonamides is 1. The van der Waals surface area contributed by atoms with Gasteiger partial charge in [0.1, 0.15) is 5.76 Å². The summed E-state index contributed by atoms with van der Waals surface area (Å²) in [5, 5.41) is 0. The van der Waals surface area contributed by atoms with Crippen molar-refractivity contribution in [2.45, 2.75) is 37.6 Å². The molecule has 1 amide bonds. The van der Waals surface area contributed by atoms with Gasteiger partial charge >= 0.3 is 0 Å². The number of hydrogen-bond acceptors (Lipinski definition) is 7. The fourth-order valence-corrected chi connectivity index (χ4v) is 4.73. The Balaban J connectivity index is 1.72. The van der Waals surface area contributed by atoms with Crippen LogP contribution in [0.25, 0.3) is 21.5 Å². The van der Waals surface area contributed by atoms with E-state index in [1.165, 1.54) is 0 Å². The third-order valence-electron chi connectivity index (χ3n) is 3.84. The van der Waals surface area contributed by atoms with Crippen molar-refractivity contribution >= 4 is 37.5 Å². The summed E-state index contributed by atoms with van der Waals surface area (Å²) in [5.41, 5.74) is 1.33. The van der Waals surface area contributed by atoms with Crippen LogP contribution < -0.4 is 4.72 Å². The van der Waals surface area contributed by atoms with E-state index in [1.54, 1.807) is 31.4 Å². The summed E-state index contributed by atoms with van der Waals surface area (Å²) < 4.78 is 38.6. The quantitative estimate of drug-likeness (QED) is 0.593. The molecule has 3 aromatic rings. The van der Waals surface area contributed by atoms with Crippen LogP contribution in [0.1, 0.15) is 27.2 Å². The van der Waals surface area contributed by atoms with Gasteiger partial charge in [-0.1, -0.05) is 13.8 Å². The molecule has 0 fully saturated rings. The number of carbonyl (C=O) groups excluding carboxylic acids is 1. The second kappa shape index (κ2) is 8.42. The van der Waals surface area contributed by atoms with Crippen LogP contribution in [0, 0.1) is 5.92 Å². The van der Waals surface area contributed by atoms with Gasteiger partial charge in [0.25, 0.3) is 10.0 Å². The molecule has 1 N–H and O–H groups in total. The van der Waals surface area contributed by atoms with E-state index in [2.05, 4.69) is 9.71 Å². The van der Waals surface area contributed by atoms with Gasteiger partial charge in [0.2, 0.25) is 10.2 Å². The van der Waals surface area contributed by atoms with Gasteiger partial charge in [-0.05, 0) is 43.2 Å². The van der Waals surface area contributed by atoms with Crippen LogP contribution in [0.4, 0.5) is 0 Å². The Bertz CT molecular complexity index is 1060. The first kappa shape index (κ1) is 20.5. The van der Waals surface area contributed by atoms with Crippen LogP contribution in [-0.2, 0) is 19.6 Å². The van der Waals surface area contributed by atoms with E-state index in [1.807, 2.05) is 26.0 Å². The number of carbonyl (C=O) groups is 1. The highest BCUT2D eigenvalue weighted by molar-refractivity contribution is 7.92. The maximum atomic E-state index is 12.5. The van der Waals surface area contributed by atoms with Gasteiger partial charge < -0.3 is 9.15 Å². The average molecular weight is 423 g/mol. The summed E-state index contributed by atoms with van der Waals surface area (Å²) in [4.78, 5) is 16.3. The highest BCUT2D eigenvalue weighted by Gasteiger charge is 2.23. The molecule has 0 saturated heterocycles. The van der Waals surface area contributed by atoms with Crippen LogP contribution in [0.2, 0.25) is 0 Å². The molecule has 1 aromatic carbocycles.